The summed E-state index contributed by atoms with van der Waals surface area (Å²) in [6.45, 7) is 0. The molecule has 2 rings (SSSR count). The number of hydrogen-bond acceptors (Lipinski definition) is 5. The van der Waals surface area contributed by atoms with E-state index in [1.807, 2.05) is 5.38 Å². The maximum Gasteiger partial charge on any atom is 0.305 e. The third-order valence-electron chi connectivity index (χ3n) is 2.27. The van der Waals surface area contributed by atoms with E-state index in [1.54, 1.807) is 11.3 Å². The van der Waals surface area contributed by atoms with Crippen LogP contribution in [-0.4, -0.2) is 24.1 Å². The van der Waals surface area contributed by atoms with Crippen molar-refractivity contribution >= 4 is 22.4 Å². The number of carbonyl (C=O) groups is 1. The summed E-state index contributed by atoms with van der Waals surface area (Å²) in [5, 5.41) is 6.29. The molecule has 0 aliphatic heterocycles. The highest BCUT2D eigenvalue weighted by Gasteiger charge is 2.21. The van der Waals surface area contributed by atoms with Gasteiger partial charge in [-0.2, -0.15) is 0 Å². The molecule has 1 aliphatic rings. The van der Waals surface area contributed by atoms with Crippen LogP contribution in [0.1, 0.15) is 25.0 Å². The zero-order valence-corrected chi connectivity index (χ0v) is 9.47. The third-order valence-corrected chi connectivity index (χ3v) is 3.09. The van der Waals surface area contributed by atoms with E-state index in [9.17, 15) is 4.79 Å². The molecule has 1 aromatic rings. The molecule has 0 aromatic carbocycles. The normalized spacial score (nSPS) is 15.0. The molecule has 0 atom stereocenters. The van der Waals surface area contributed by atoms with E-state index in [4.69, 9.17) is 0 Å². The maximum absolute atomic E-state index is 10.9. The van der Waals surface area contributed by atoms with E-state index in [-0.39, 0.29) is 5.97 Å². The lowest BCUT2D eigenvalue weighted by Gasteiger charge is -1.97. The minimum absolute atomic E-state index is 0.181. The van der Waals surface area contributed by atoms with Crippen LogP contribution in [-0.2, 0) is 16.0 Å². The molecular formula is C10H14N2O2S. The molecule has 0 radical (unpaired) electrons. The molecule has 1 fully saturated rings. The number of nitrogens with one attached hydrogen (secondary N) is 1. The summed E-state index contributed by atoms with van der Waals surface area (Å²) in [4.78, 5) is 15.3. The van der Waals surface area contributed by atoms with E-state index in [2.05, 4.69) is 15.0 Å². The first-order chi connectivity index (χ1) is 7.28. The van der Waals surface area contributed by atoms with Gasteiger partial charge in [-0.25, -0.2) is 4.98 Å². The van der Waals surface area contributed by atoms with E-state index in [1.165, 1.54) is 20.0 Å². The Labute approximate surface area is 92.7 Å². The first kappa shape index (κ1) is 10.4. The molecule has 4 nitrogen and oxygen atoms in total. The molecule has 1 aliphatic carbocycles. The molecule has 1 N–H and O–H groups in total. The van der Waals surface area contributed by atoms with Gasteiger partial charge in [-0.1, -0.05) is 0 Å². The van der Waals surface area contributed by atoms with Gasteiger partial charge in [0.15, 0.2) is 5.13 Å². The quantitative estimate of drug-likeness (QED) is 0.778. The third kappa shape index (κ3) is 3.20. The highest BCUT2D eigenvalue weighted by Crippen LogP contribution is 2.26. The van der Waals surface area contributed by atoms with Crippen LogP contribution in [0.3, 0.4) is 0 Å². The molecule has 0 saturated heterocycles. The second-order valence-electron chi connectivity index (χ2n) is 3.64. The van der Waals surface area contributed by atoms with Gasteiger partial charge in [-0.3, -0.25) is 4.79 Å². The lowest BCUT2D eigenvalue weighted by atomic mass is 10.2. The first-order valence-electron chi connectivity index (χ1n) is 5.05. The Balaban J connectivity index is 1.80. The molecule has 15 heavy (non-hydrogen) atoms. The number of carbonyl (C=O) groups excluding carboxylic acids is 1. The fraction of sp³-hybridized carbons (Fsp3) is 0.600. The van der Waals surface area contributed by atoms with Crippen molar-refractivity contribution in [3.63, 3.8) is 0 Å². The van der Waals surface area contributed by atoms with E-state index >= 15 is 0 Å². The number of aromatic nitrogens is 1. The van der Waals surface area contributed by atoms with E-state index < -0.39 is 0 Å². The number of aryl methyl sites for hydroxylation is 1. The van der Waals surface area contributed by atoms with Crippen LogP contribution < -0.4 is 5.32 Å². The monoisotopic (exact) mass is 226 g/mol. The molecule has 5 heteroatoms. The number of anilines is 1. The van der Waals surface area contributed by atoms with Crippen molar-refractivity contribution in [2.75, 3.05) is 12.4 Å². The minimum Gasteiger partial charge on any atom is -0.469 e. The molecule has 0 bridgehead atoms. The largest absolute Gasteiger partial charge is 0.469 e. The van der Waals surface area contributed by atoms with Gasteiger partial charge in [0.1, 0.15) is 0 Å². The zero-order chi connectivity index (χ0) is 10.7. The Morgan fingerprint density at radius 2 is 2.53 bits per heavy atom. The van der Waals surface area contributed by atoms with Gasteiger partial charge in [0, 0.05) is 17.8 Å². The summed E-state index contributed by atoms with van der Waals surface area (Å²) in [6.07, 6.45) is 3.56. The SMILES string of the molecule is COC(=O)CCc1csc(NC2CC2)n1. The zero-order valence-electron chi connectivity index (χ0n) is 8.66. The minimum atomic E-state index is -0.181. The van der Waals surface area contributed by atoms with Crippen LogP contribution in [0.4, 0.5) is 5.13 Å². The van der Waals surface area contributed by atoms with Crippen LogP contribution in [0.5, 0.6) is 0 Å². The Morgan fingerprint density at radius 1 is 1.73 bits per heavy atom. The Bertz CT molecular complexity index is 347. The number of ether oxygens (including phenoxy) is 1. The predicted octanol–water partition coefficient (Wildman–Crippen LogP) is 1.82. The standard InChI is InChI=1S/C10H14N2O2S/c1-14-9(13)5-4-8-6-15-10(12-8)11-7-2-3-7/h6-7H,2-5H2,1H3,(H,11,12). The molecule has 82 valence electrons. The summed E-state index contributed by atoms with van der Waals surface area (Å²) in [5.41, 5.74) is 0.966. The van der Waals surface area contributed by atoms with Crippen molar-refractivity contribution in [3.05, 3.63) is 11.1 Å². The summed E-state index contributed by atoms with van der Waals surface area (Å²) in [7, 11) is 1.41. The smallest absolute Gasteiger partial charge is 0.305 e. The van der Waals surface area contributed by atoms with Gasteiger partial charge in [-0.15, -0.1) is 11.3 Å². The second-order valence-corrected chi connectivity index (χ2v) is 4.50. The highest BCUT2D eigenvalue weighted by atomic mass is 32.1. The highest BCUT2D eigenvalue weighted by molar-refractivity contribution is 7.13. The molecular weight excluding hydrogens is 212 g/mol. The van der Waals surface area contributed by atoms with Crippen LogP contribution >= 0.6 is 11.3 Å². The van der Waals surface area contributed by atoms with Gasteiger partial charge in [0.25, 0.3) is 0 Å². The molecule has 1 saturated carbocycles. The van der Waals surface area contributed by atoms with Crippen molar-refractivity contribution in [3.8, 4) is 0 Å². The van der Waals surface area contributed by atoms with Crippen LogP contribution in [0.2, 0.25) is 0 Å². The lowest BCUT2D eigenvalue weighted by Crippen LogP contribution is -2.03. The second kappa shape index (κ2) is 4.61. The van der Waals surface area contributed by atoms with E-state index in [0.717, 1.165) is 10.8 Å². The number of rotatable bonds is 5. The van der Waals surface area contributed by atoms with Crippen molar-refractivity contribution in [1.82, 2.24) is 4.98 Å². The summed E-state index contributed by atoms with van der Waals surface area (Å²) < 4.78 is 4.57. The number of nitrogens with zero attached hydrogens (tertiary/aromatic N) is 1. The van der Waals surface area contributed by atoms with Gasteiger partial charge < -0.3 is 10.1 Å². The molecule has 0 spiro atoms. The van der Waals surface area contributed by atoms with Gasteiger partial charge in [0.2, 0.25) is 0 Å². The fourth-order valence-corrected chi connectivity index (χ4v) is 2.05. The molecule has 0 amide bonds. The average Bonchev–Trinajstić information content (AvgIpc) is 2.93. The summed E-state index contributed by atoms with van der Waals surface area (Å²) in [5.74, 6) is -0.181. The first-order valence-corrected chi connectivity index (χ1v) is 5.93. The molecule has 1 heterocycles. The lowest BCUT2D eigenvalue weighted by molar-refractivity contribution is -0.140. The number of thiazole rings is 1. The van der Waals surface area contributed by atoms with Crippen LogP contribution in [0.25, 0.3) is 0 Å². The summed E-state index contributed by atoms with van der Waals surface area (Å²) >= 11 is 1.60. The summed E-state index contributed by atoms with van der Waals surface area (Å²) in [6, 6.07) is 0.629. The van der Waals surface area contributed by atoms with Crippen molar-refractivity contribution in [2.45, 2.75) is 31.7 Å². The number of hydrogen-bond donors (Lipinski definition) is 1. The Kier molecular flexibility index (Phi) is 3.20. The van der Waals surface area contributed by atoms with Crippen LogP contribution in [0.15, 0.2) is 5.38 Å². The Morgan fingerprint density at radius 3 is 3.20 bits per heavy atom. The van der Waals surface area contributed by atoms with E-state index in [0.29, 0.717) is 18.9 Å². The fourth-order valence-electron chi connectivity index (χ4n) is 1.22. The van der Waals surface area contributed by atoms with Gasteiger partial charge >= 0.3 is 5.97 Å². The van der Waals surface area contributed by atoms with Crippen molar-refractivity contribution in [1.29, 1.82) is 0 Å². The number of methoxy groups -OCH3 is 1. The number of esters is 1. The topological polar surface area (TPSA) is 51.2 Å². The van der Waals surface area contributed by atoms with Gasteiger partial charge in [0.05, 0.1) is 19.2 Å². The van der Waals surface area contributed by atoms with Crippen molar-refractivity contribution in [2.24, 2.45) is 0 Å². The van der Waals surface area contributed by atoms with Gasteiger partial charge in [-0.05, 0) is 12.8 Å². The van der Waals surface area contributed by atoms with Crippen LogP contribution in [0, 0.1) is 0 Å². The molecule has 0 unspecified atom stereocenters. The maximum atomic E-state index is 10.9. The average molecular weight is 226 g/mol. The van der Waals surface area contributed by atoms with Crippen molar-refractivity contribution < 1.29 is 9.53 Å². The predicted molar refractivity (Wildman–Crippen MR) is 59.1 cm³/mol. The Hall–Kier alpha value is -1.10. The molecule has 1 aromatic heterocycles.